The highest BCUT2D eigenvalue weighted by molar-refractivity contribution is 7.88. The number of nitrogens with one attached hydrogen (secondary N) is 2. The zero-order chi connectivity index (χ0) is 26.3. The molecule has 1 aliphatic carbocycles. The summed E-state index contributed by atoms with van der Waals surface area (Å²) < 4.78 is 72.8. The molecular formula is C23H25F3N6O3S. The van der Waals surface area contributed by atoms with Gasteiger partial charge in [-0.3, -0.25) is 0 Å². The molecule has 9 nitrogen and oxygen atoms in total. The number of likely N-dealkylation sites (N-methyl/N-ethyl adjacent to an activating group) is 1. The lowest BCUT2D eigenvalue weighted by Gasteiger charge is -2.30. The van der Waals surface area contributed by atoms with E-state index in [0.29, 0.717) is 35.3 Å². The van der Waals surface area contributed by atoms with Crippen molar-refractivity contribution in [3.05, 3.63) is 65.4 Å². The van der Waals surface area contributed by atoms with Crippen molar-refractivity contribution in [3.63, 3.8) is 0 Å². The van der Waals surface area contributed by atoms with E-state index in [4.69, 9.17) is 10.5 Å². The SMILES string of the molecule is COc1ccc(N)cc1Nc1ncc(C(F)(F)F)c(N[C@@H]2Cc3ccccc3[C@H]2N(C)S(C)(=O)=O)n1. The molecule has 0 fully saturated rings. The number of nitrogens with zero attached hydrogens (tertiary/aromatic N) is 3. The van der Waals surface area contributed by atoms with Crippen molar-refractivity contribution < 1.29 is 26.3 Å². The van der Waals surface area contributed by atoms with Gasteiger partial charge in [0.05, 0.1) is 31.1 Å². The van der Waals surface area contributed by atoms with Crippen molar-refractivity contribution in [1.82, 2.24) is 14.3 Å². The number of hydrogen-bond donors (Lipinski definition) is 3. The number of ether oxygens (including phenoxy) is 1. The topological polar surface area (TPSA) is 122 Å². The van der Waals surface area contributed by atoms with Gasteiger partial charge in [-0.15, -0.1) is 0 Å². The van der Waals surface area contributed by atoms with Crippen molar-refractivity contribution in [1.29, 1.82) is 0 Å². The Morgan fingerprint density at radius 3 is 2.58 bits per heavy atom. The first-order valence-corrected chi connectivity index (χ1v) is 12.7. The average molecular weight is 523 g/mol. The predicted octanol–water partition coefficient (Wildman–Crippen LogP) is 3.80. The van der Waals surface area contributed by atoms with E-state index in [1.807, 2.05) is 6.07 Å². The van der Waals surface area contributed by atoms with Crippen molar-refractivity contribution in [2.24, 2.45) is 0 Å². The van der Waals surface area contributed by atoms with Crippen LogP contribution in [0.1, 0.15) is 22.7 Å². The number of alkyl halides is 3. The first kappa shape index (κ1) is 25.5. The van der Waals surface area contributed by atoms with Crippen LogP contribution in [0.15, 0.2) is 48.7 Å². The summed E-state index contributed by atoms with van der Waals surface area (Å²) in [5, 5.41) is 5.70. The summed E-state index contributed by atoms with van der Waals surface area (Å²) in [6.07, 6.45) is -2.72. The first-order chi connectivity index (χ1) is 16.9. The lowest BCUT2D eigenvalue weighted by atomic mass is 10.1. The number of anilines is 4. The van der Waals surface area contributed by atoms with Gasteiger partial charge in [-0.1, -0.05) is 24.3 Å². The number of rotatable bonds is 7. The maximum Gasteiger partial charge on any atom is 0.421 e. The first-order valence-electron chi connectivity index (χ1n) is 10.8. The lowest BCUT2D eigenvalue weighted by Crippen LogP contribution is -2.39. The van der Waals surface area contributed by atoms with Crippen LogP contribution in [0.3, 0.4) is 0 Å². The van der Waals surface area contributed by atoms with Crippen LogP contribution in [-0.2, 0) is 22.6 Å². The van der Waals surface area contributed by atoms with Crippen LogP contribution in [-0.4, -0.2) is 49.1 Å². The van der Waals surface area contributed by atoms with Gasteiger partial charge in [0.25, 0.3) is 0 Å². The van der Waals surface area contributed by atoms with Crippen LogP contribution in [0.4, 0.5) is 36.3 Å². The number of nitrogen functional groups attached to an aromatic ring is 1. The van der Waals surface area contributed by atoms with Gasteiger partial charge in [-0.25, -0.2) is 13.4 Å². The largest absolute Gasteiger partial charge is 0.495 e. The highest BCUT2D eigenvalue weighted by atomic mass is 32.2. The molecule has 36 heavy (non-hydrogen) atoms. The molecule has 0 spiro atoms. The number of hydrogen-bond acceptors (Lipinski definition) is 8. The number of sulfonamides is 1. The van der Waals surface area contributed by atoms with Gasteiger partial charge in [0, 0.05) is 18.9 Å². The predicted molar refractivity (Wildman–Crippen MR) is 131 cm³/mol. The molecule has 4 N–H and O–H groups in total. The Hall–Kier alpha value is -3.58. The second-order valence-electron chi connectivity index (χ2n) is 8.42. The van der Waals surface area contributed by atoms with Crippen LogP contribution in [0.25, 0.3) is 0 Å². The number of methoxy groups -OCH3 is 1. The summed E-state index contributed by atoms with van der Waals surface area (Å²) in [6.45, 7) is 0. The molecule has 0 bridgehead atoms. The molecular weight excluding hydrogens is 497 g/mol. The fourth-order valence-electron chi connectivity index (χ4n) is 4.24. The van der Waals surface area contributed by atoms with Gasteiger partial charge < -0.3 is 21.1 Å². The van der Waals surface area contributed by atoms with Gasteiger partial charge in [0.15, 0.2) is 0 Å². The Morgan fingerprint density at radius 1 is 1.19 bits per heavy atom. The van der Waals surface area contributed by atoms with Crippen LogP contribution < -0.4 is 21.1 Å². The molecule has 1 aliphatic rings. The van der Waals surface area contributed by atoms with E-state index >= 15 is 0 Å². The van der Waals surface area contributed by atoms with Crippen molar-refractivity contribution >= 4 is 33.2 Å². The third kappa shape index (κ3) is 5.16. The quantitative estimate of drug-likeness (QED) is 0.401. The molecule has 0 saturated heterocycles. The maximum atomic E-state index is 13.9. The Kier molecular flexibility index (Phi) is 6.71. The Bertz CT molecular complexity index is 1380. The fourth-order valence-corrected chi connectivity index (χ4v) is 4.91. The Morgan fingerprint density at radius 2 is 1.92 bits per heavy atom. The number of fused-ring (bicyclic) bond motifs is 1. The van der Waals surface area contributed by atoms with Crippen molar-refractivity contribution in [2.75, 3.05) is 36.8 Å². The highest BCUT2D eigenvalue weighted by Crippen LogP contribution is 2.40. The Balaban J connectivity index is 1.74. The van der Waals surface area contributed by atoms with Gasteiger partial charge in [-0.2, -0.15) is 22.5 Å². The second kappa shape index (κ2) is 9.47. The maximum absolute atomic E-state index is 13.9. The monoisotopic (exact) mass is 522 g/mol. The number of benzene rings is 2. The molecule has 0 unspecified atom stereocenters. The summed E-state index contributed by atoms with van der Waals surface area (Å²) >= 11 is 0. The normalized spacial score (nSPS) is 17.6. The van der Waals surface area contributed by atoms with Gasteiger partial charge >= 0.3 is 6.18 Å². The molecule has 0 saturated carbocycles. The third-order valence-electron chi connectivity index (χ3n) is 6.00. The van der Waals surface area contributed by atoms with Gasteiger partial charge in [-0.05, 0) is 35.7 Å². The standard InChI is InChI=1S/C23H25F3N6O3S/c1-32(36(3,33)34)20-15-7-5-4-6-13(15)10-18(20)29-21-16(23(24,25)26)12-28-22(31-21)30-17-11-14(27)8-9-19(17)35-2/h4-9,11-12,18,20H,10,27H2,1-3H3,(H2,28,29,30,31)/t18-,20-/m1/s1. The highest BCUT2D eigenvalue weighted by Gasteiger charge is 2.41. The van der Waals surface area contributed by atoms with Crippen molar-refractivity contribution in [2.45, 2.75) is 24.7 Å². The summed E-state index contributed by atoms with van der Waals surface area (Å²) in [4.78, 5) is 7.93. The number of nitrogens with two attached hydrogens (primary N) is 1. The molecule has 1 heterocycles. The van der Waals surface area contributed by atoms with E-state index in [0.717, 1.165) is 16.1 Å². The molecule has 0 radical (unpaired) electrons. The lowest BCUT2D eigenvalue weighted by molar-refractivity contribution is -0.137. The molecule has 13 heteroatoms. The minimum Gasteiger partial charge on any atom is -0.495 e. The third-order valence-corrected chi connectivity index (χ3v) is 7.27. The van der Waals surface area contributed by atoms with E-state index in [1.165, 1.54) is 20.2 Å². The molecule has 192 valence electrons. The van der Waals surface area contributed by atoms with Gasteiger partial charge in [0.1, 0.15) is 17.1 Å². The Labute approximate surface area is 206 Å². The zero-order valence-electron chi connectivity index (χ0n) is 19.7. The number of aromatic nitrogens is 2. The number of halogens is 3. The molecule has 4 rings (SSSR count). The minimum absolute atomic E-state index is 0.127. The second-order valence-corrected chi connectivity index (χ2v) is 10.5. The van der Waals surface area contributed by atoms with Crippen molar-refractivity contribution in [3.8, 4) is 5.75 Å². The average Bonchev–Trinajstić information content (AvgIpc) is 3.15. The summed E-state index contributed by atoms with van der Waals surface area (Å²) in [5.41, 5.74) is 7.06. The molecule has 2 atom stereocenters. The van der Waals surface area contributed by atoms with E-state index < -0.39 is 39.7 Å². The summed E-state index contributed by atoms with van der Waals surface area (Å²) in [5.74, 6) is -0.214. The summed E-state index contributed by atoms with van der Waals surface area (Å²) in [6, 6.07) is 10.4. The van der Waals surface area contributed by atoms with Crippen LogP contribution in [0.2, 0.25) is 0 Å². The smallest absolute Gasteiger partial charge is 0.421 e. The van der Waals surface area contributed by atoms with Crippen LogP contribution in [0, 0.1) is 0 Å². The minimum atomic E-state index is -4.75. The van der Waals surface area contributed by atoms with Crippen LogP contribution >= 0.6 is 0 Å². The summed E-state index contributed by atoms with van der Waals surface area (Å²) in [7, 11) is -0.812. The molecule has 0 aliphatic heterocycles. The van der Waals surface area contributed by atoms with E-state index in [2.05, 4.69) is 20.6 Å². The van der Waals surface area contributed by atoms with E-state index in [-0.39, 0.29) is 5.95 Å². The molecule has 2 aromatic carbocycles. The molecule has 1 aromatic heterocycles. The zero-order valence-corrected chi connectivity index (χ0v) is 20.5. The van der Waals surface area contributed by atoms with Gasteiger partial charge in [0.2, 0.25) is 16.0 Å². The van der Waals surface area contributed by atoms with E-state index in [1.54, 1.807) is 30.3 Å². The van der Waals surface area contributed by atoms with E-state index in [9.17, 15) is 21.6 Å². The molecule has 0 amide bonds. The molecule has 3 aromatic rings. The van der Waals surface area contributed by atoms with Crippen LogP contribution in [0.5, 0.6) is 5.75 Å². The fraction of sp³-hybridized carbons (Fsp3) is 0.304.